The van der Waals surface area contributed by atoms with Gasteiger partial charge in [0.2, 0.25) is 6.41 Å². The first-order valence-corrected chi connectivity index (χ1v) is 10.5. The minimum absolute atomic E-state index is 0.0289. The predicted octanol–water partition coefficient (Wildman–Crippen LogP) is 4.98. The van der Waals surface area contributed by atoms with Crippen molar-refractivity contribution in [1.82, 2.24) is 9.88 Å². The Hall–Kier alpha value is -2.13. The zero-order valence-corrected chi connectivity index (χ0v) is 18.8. The number of halogens is 3. The molecule has 0 fully saturated rings. The standard InChI is InChI=1S/C21H19ClFIN2O3/c1-3-29-17-8-15-16(12(2)9-25-11-27)10-26(20(15)18(22)19(17)23)21(28)13-4-6-14(24)7-5-13/h4-8,10-12H,3,9H2,1-2H3,(H,25,27). The van der Waals surface area contributed by atoms with Crippen LogP contribution in [0.15, 0.2) is 36.5 Å². The molecule has 29 heavy (non-hydrogen) atoms. The number of carbonyl (C=O) groups excluding carboxylic acids is 2. The van der Waals surface area contributed by atoms with Gasteiger partial charge in [-0.3, -0.25) is 14.2 Å². The Bertz CT molecular complexity index is 1070. The number of nitrogens with one attached hydrogen (secondary N) is 1. The number of ether oxygens (including phenoxy) is 1. The second-order valence-electron chi connectivity index (χ2n) is 6.53. The number of nitrogens with zero attached hydrogens (tertiary/aromatic N) is 1. The van der Waals surface area contributed by atoms with E-state index in [1.165, 1.54) is 4.57 Å². The van der Waals surface area contributed by atoms with Gasteiger partial charge < -0.3 is 10.1 Å². The van der Waals surface area contributed by atoms with E-state index >= 15 is 0 Å². The number of hydrogen-bond donors (Lipinski definition) is 1. The monoisotopic (exact) mass is 528 g/mol. The Kier molecular flexibility index (Phi) is 6.79. The Labute approximate surface area is 186 Å². The van der Waals surface area contributed by atoms with Crippen LogP contribution in [-0.2, 0) is 4.79 Å². The van der Waals surface area contributed by atoms with Crippen LogP contribution in [0.5, 0.6) is 5.75 Å². The lowest BCUT2D eigenvalue weighted by Gasteiger charge is -2.11. The van der Waals surface area contributed by atoms with Gasteiger partial charge in [0.15, 0.2) is 11.6 Å². The molecule has 3 rings (SSSR count). The first-order valence-electron chi connectivity index (χ1n) is 9.02. The van der Waals surface area contributed by atoms with Crippen LogP contribution in [-0.4, -0.2) is 30.0 Å². The molecule has 1 N–H and O–H groups in total. The Morgan fingerprint density at radius 3 is 2.69 bits per heavy atom. The Morgan fingerprint density at radius 2 is 2.07 bits per heavy atom. The second kappa shape index (κ2) is 9.13. The highest BCUT2D eigenvalue weighted by molar-refractivity contribution is 14.1. The summed E-state index contributed by atoms with van der Waals surface area (Å²) in [5.74, 6) is -1.13. The topological polar surface area (TPSA) is 60.3 Å². The van der Waals surface area contributed by atoms with Crippen LogP contribution in [0.2, 0.25) is 5.02 Å². The Morgan fingerprint density at radius 1 is 1.38 bits per heavy atom. The average molecular weight is 529 g/mol. The van der Waals surface area contributed by atoms with Crippen molar-refractivity contribution in [3.8, 4) is 5.75 Å². The van der Waals surface area contributed by atoms with E-state index in [2.05, 4.69) is 27.9 Å². The smallest absolute Gasteiger partial charge is 0.262 e. The molecule has 0 saturated heterocycles. The van der Waals surface area contributed by atoms with Crippen molar-refractivity contribution < 1.29 is 18.7 Å². The fourth-order valence-electron chi connectivity index (χ4n) is 3.20. The van der Waals surface area contributed by atoms with Crippen LogP contribution in [0.1, 0.15) is 35.7 Å². The van der Waals surface area contributed by atoms with E-state index in [1.54, 1.807) is 31.3 Å². The van der Waals surface area contributed by atoms with Gasteiger partial charge in [-0.25, -0.2) is 4.39 Å². The van der Waals surface area contributed by atoms with Crippen molar-refractivity contribution in [2.45, 2.75) is 19.8 Å². The molecule has 3 aromatic rings. The molecular formula is C21H19ClFIN2O3. The van der Waals surface area contributed by atoms with Crippen molar-refractivity contribution in [3.63, 3.8) is 0 Å². The molecule has 0 bridgehead atoms. The number of carbonyl (C=O) groups is 2. The molecule has 0 aliphatic heterocycles. The van der Waals surface area contributed by atoms with Gasteiger partial charge in [0.05, 0.1) is 12.1 Å². The lowest BCUT2D eigenvalue weighted by Crippen LogP contribution is -2.18. The van der Waals surface area contributed by atoms with Gasteiger partial charge in [0, 0.05) is 33.2 Å². The summed E-state index contributed by atoms with van der Waals surface area (Å²) in [6, 6.07) is 8.64. The van der Waals surface area contributed by atoms with Crippen molar-refractivity contribution in [2.75, 3.05) is 13.2 Å². The number of hydrogen-bond acceptors (Lipinski definition) is 3. The molecule has 1 atom stereocenters. The molecule has 1 aromatic heterocycles. The highest BCUT2D eigenvalue weighted by Crippen LogP contribution is 2.38. The lowest BCUT2D eigenvalue weighted by molar-refractivity contribution is -0.109. The summed E-state index contributed by atoms with van der Waals surface area (Å²) in [4.78, 5) is 23.9. The summed E-state index contributed by atoms with van der Waals surface area (Å²) in [5.41, 5.74) is 1.50. The minimum Gasteiger partial charge on any atom is -0.491 e. The first-order chi connectivity index (χ1) is 13.9. The quantitative estimate of drug-likeness (QED) is 0.348. The van der Waals surface area contributed by atoms with Crippen molar-refractivity contribution in [2.24, 2.45) is 0 Å². The van der Waals surface area contributed by atoms with E-state index in [1.807, 2.05) is 19.1 Å². The predicted molar refractivity (Wildman–Crippen MR) is 119 cm³/mol. The Balaban J connectivity index is 2.23. The lowest BCUT2D eigenvalue weighted by atomic mass is 10.0. The first kappa shape index (κ1) is 21.6. The van der Waals surface area contributed by atoms with E-state index in [9.17, 15) is 14.0 Å². The summed E-state index contributed by atoms with van der Waals surface area (Å²) < 4.78 is 22.5. The SMILES string of the molecule is CCOc1cc2c(C(C)CNC=O)cn(C(=O)c3ccc(I)cc3)c2c(Cl)c1F. The highest BCUT2D eigenvalue weighted by atomic mass is 127. The zero-order valence-electron chi connectivity index (χ0n) is 15.8. The molecule has 0 aliphatic rings. The van der Waals surface area contributed by atoms with Gasteiger partial charge in [-0.1, -0.05) is 18.5 Å². The summed E-state index contributed by atoms with van der Waals surface area (Å²) in [6.45, 7) is 4.29. The zero-order chi connectivity index (χ0) is 21.1. The van der Waals surface area contributed by atoms with Crippen molar-refractivity contribution in [3.05, 3.63) is 62.1 Å². The van der Waals surface area contributed by atoms with Crippen LogP contribution in [0, 0.1) is 9.39 Å². The fourth-order valence-corrected chi connectivity index (χ4v) is 3.85. The number of fused-ring (bicyclic) bond motifs is 1. The van der Waals surface area contributed by atoms with E-state index in [4.69, 9.17) is 16.3 Å². The van der Waals surface area contributed by atoms with Gasteiger partial charge in [-0.05, 0) is 65.4 Å². The van der Waals surface area contributed by atoms with Gasteiger partial charge in [0.1, 0.15) is 5.02 Å². The van der Waals surface area contributed by atoms with E-state index in [0.29, 0.717) is 23.9 Å². The van der Waals surface area contributed by atoms with Crippen LogP contribution in [0.4, 0.5) is 4.39 Å². The molecule has 2 aromatic carbocycles. The molecular weight excluding hydrogens is 510 g/mol. The highest BCUT2D eigenvalue weighted by Gasteiger charge is 2.24. The van der Waals surface area contributed by atoms with Gasteiger partial charge in [0.25, 0.3) is 5.91 Å². The summed E-state index contributed by atoms with van der Waals surface area (Å²) in [7, 11) is 0. The molecule has 152 valence electrons. The van der Waals surface area contributed by atoms with Gasteiger partial charge in [-0.2, -0.15) is 0 Å². The van der Waals surface area contributed by atoms with Gasteiger partial charge in [-0.15, -0.1) is 0 Å². The molecule has 5 nitrogen and oxygen atoms in total. The molecule has 0 radical (unpaired) electrons. The van der Waals surface area contributed by atoms with Crippen molar-refractivity contribution in [1.29, 1.82) is 0 Å². The number of aromatic nitrogens is 1. The summed E-state index contributed by atoms with van der Waals surface area (Å²) >= 11 is 8.51. The maximum Gasteiger partial charge on any atom is 0.262 e. The van der Waals surface area contributed by atoms with Crippen LogP contribution in [0.25, 0.3) is 10.9 Å². The molecule has 0 spiro atoms. The van der Waals surface area contributed by atoms with E-state index < -0.39 is 5.82 Å². The third-order valence-electron chi connectivity index (χ3n) is 4.62. The maximum atomic E-state index is 14.8. The average Bonchev–Trinajstić information content (AvgIpc) is 3.09. The molecule has 8 heteroatoms. The fraction of sp³-hybridized carbons (Fsp3) is 0.238. The largest absolute Gasteiger partial charge is 0.491 e. The molecule has 0 aliphatic carbocycles. The molecule has 0 saturated carbocycles. The summed E-state index contributed by atoms with van der Waals surface area (Å²) in [6.07, 6.45) is 2.27. The van der Waals surface area contributed by atoms with Crippen molar-refractivity contribution >= 4 is 57.4 Å². The van der Waals surface area contributed by atoms with Gasteiger partial charge >= 0.3 is 0 Å². The molecule has 1 unspecified atom stereocenters. The normalized spacial score (nSPS) is 12.0. The number of amides is 1. The van der Waals surface area contributed by atoms with Crippen LogP contribution in [0.3, 0.4) is 0 Å². The van der Waals surface area contributed by atoms with E-state index in [0.717, 1.165) is 9.13 Å². The van der Waals surface area contributed by atoms with Crippen LogP contribution >= 0.6 is 34.2 Å². The third kappa shape index (κ3) is 4.25. The van der Waals surface area contributed by atoms with E-state index in [-0.39, 0.29) is 34.7 Å². The maximum absolute atomic E-state index is 14.8. The van der Waals surface area contributed by atoms with Crippen LogP contribution < -0.4 is 10.1 Å². The second-order valence-corrected chi connectivity index (χ2v) is 8.15. The number of benzene rings is 2. The third-order valence-corrected chi connectivity index (χ3v) is 5.68. The molecule has 1 amide bonds. The minimum atomic E-state index is -0.707. The summed E-state index contributed by atoms with van der Waals surface area (Å²) in [5, 5.41) is 3.08. The molecule has 1 heterocycles. The number of rotatable bonds is 7.